The molecule has 102 valence electrons. The van der Waals surface area contributed by atoms with Crippen LogP contribution in [0.2, 0.25) is 0 Å². The molecule has 1 unspecified atom stereocenters. The summed E-state index contributed by atoms with van der Waals surface area (Å²) in [5.74, 6) is 0.131. The molecule has 0 aliphatic heterocycles. The van der Waals surface area contributed by atoms with Crippen LogP contribution in [0.5, 0.6) is 0 Å². The molecule has 1 heterocycles. The van der Waals surface area contributed by atoms with Crippen LogP contribution in [0.1, 0.15) is 23.7 Å². The second kappa shape index (κ2) is 5.79. The molecule has 0 fully saturated rings. The van der Waals surface area contributed by atoms with Gasteiger partial charge < -0.3 is 10.4 Å². The van der Waals surface area contributed by atoms with Crippen LogP contribution < -0.4 is 5.32 Å². The maximum absolute atomic E-state index is 12.0. The van der Waals surface area contributed by atoms with Gasteiger partial charge in [0.1, 0.15) is 5.52 Å². The number of fused-ring (bicyclic) bond motifs is 1. The summed E-state index contributed by atoms with van der Waals surface area (Å²) in [6, 6.07) is 5.33. The lowest BCUT2D eigenvalue weighted by Crippen LogP contribution is -2.28. The molecular formula is C13H18N4O2. The van der Waals surface area contributed by atoms with Crippen molar-refractivity contribution in [2.75, 3.05) is 13.2 Å². The molecule has 0 radical (unpaired) electrons. The molecule has 6 nitrogen and oxygen atoms in total. The van der Waals surface area contributed by atoms with Crippen LogP contribution >= 0.6 is 0 Å². The van der Waals surface area contributed by atoms with Crippen molar-refractivity contribution >= 4 is 16.9 Å². The fourth-order valence-electron chi connectivity index (χ4n) is 1.87. The number of carbonyl (C=O) groups is 1. The minimum atomic E-state index is -0.127. The standard InChI is InChI=1S/C13H18N4O2/c1-9(5-6-18)8-14-13(19)10-3-4-12-11(7-10)15-16-17(12)2/h3-4,7,9,18H,5-6,8H2,1-2H3,(H,14,19). The van der Waals surface area contributed by atoms with Gasteiger partial charge in [-0.2, -0.15) is 0 Å². The Hall–Kier alpha value is -1.95. The molecule has 2 aromatic rings. The summed E-state index contributed by atoms with van der Waals surface area (Å²) in [4.78, 5) is 12.0. The smallest absolute Gasteiger partial charge is 0.251 e. The quantitative estimate of drug-likeness (QED) is 0.832. The number of aromatic nitrogens is 3. The lowest BCUT2D eigenvalue weighted by Gasteiger charge is -2.11. The van der Waals surface area contributed by atoms with Crippen LogP contribution in [0.4, 0.5) is 0 Å². The Balaban J connectivity index is 2.05. The third-order valence-electron chi connectivity index (χ3n) is 3.11. The van der Waals surface area contributed by atoms with Crippen molar-refractivity contribution in [2.24, 2.45) is 13.0 Å². The van der Waals surface area contributed by atoms with Crippen LogP contribution in [-0.2, 0) is 7.05 Å². The molecule has 0 saturated heterocycles. The van der Waals surface area contributed by atoms with Crippen molar-refractivity contribution in [3.05, 3.63) is 23.8 Å². The fourth-order valence-corrected chi connectivity index (χ4v) is 1.87. The molecule has 2 rings (SSSR count). The van der Waals surface area contributed by atoms with Crippen molar-refractivity contribution < 1.29 is 9.90 Å². The molecular weight excluding hydrogens is 244 g/mol. The molecule has 1 aromatic carbocycles. The predicted molar refractivity (Wildman–Crippen MR) is 71.7 cm³/mol. The minimum Gasteiger partial charge on any atom is -0.396 e. The Morgan fingerprint density at radius 1 is 1.53 bits per heavy atom. The molecule has 19 heavy (non-hydrogen) atoms. The van der Waals surface area contributed by atoms with E-state index in [2.05, 4.69) is 15.6 Å². The van der Waals surface area contributed by atoms with Gasteiger partial charge in [-0.05, 0) is 30.5 Å². The van der Waals surface area contributed by atoms with Crippen LogP contribution in [-0.4, -0.2) is 39.2 Å². The third-order valence-corrected chi connectivity index (χ3v) is 3.11. The lowest BCUT2D eigenvalue weighted by atomic mass is 10.1. The van der Waals surface area contributed by atoms with Gasteiger partial charge in [-0.1, -0.05) is 12.1 Å². The number of hydrogen-bond acceptors (Lipinski definition) is 4. The Morgan fingerprint density at radius 2 is 2.32 bits per heavy atom. The first-order chi connectivity index (χ1) is 9.11. The van der Waals surface area contributed by atoms with Crippen LogP contribution in [0, 0.1) is 5.92 Å². The van der Waals surface area contributed by atoms with Crippen molar-refractivity contribution in [1.82, 2.24) is 20.3 Å². The highest BCUT2D eigenvalue weighted by Gasteiger charge is 2.10. The predicted octanol–water partition coefficient (Wildman–Crippen LogP) is 0.717. The van der Waals surface area contributed by atoms with E-state index in [1.807, 2.05) is 20.0 Å². The van der Waals surface area contributed by atoms with E-state index in [0.29, 0.717) is 24.0 Å². The highest BCUT2D eigenvalue weighted by Crippen LogP contribution is 2.12. The fraction of sp³-hybridized carbons (Fsp3) is 0.462. The third kappa shape index (κ3) is 3.08. The average molecular weight is 262 g/mol. The Labute approximate surface area is 111 Å². The first-order valence-electron chi connectivity index (χ1n) is 6.30. The van der Waals surface area contributed by atoms with Crippen molar-refractivity contribution in [3.63, 3.8) is 0 Å². The highest BCUT2D eigenvalue weighted by molar-refractivity contribution is 5.97. The number of aryl methyl sites for hydroxylation is 1. The Kier molecular flexibility index (Phi) is 4.11. The van der Waals surface area contributed by atoms with E-state index in [4.69, 9.17) is 5.11 Å². The average Bonchev–Trinajstić information content (AvgIpc) is 2.77. The van der Waals surface area contributed by atoms with E-state index < -0.39 is 0 Å². The second-order valence-corrected chi connectivity index (χ2v) is 4.74. The molecule has 0 aliphatic carbocycles. The van der Waals surface area contributed by atoms with E-state index in [9.17, 15) is 4.79 Å². The Morgan fingerprint density at radius 3 is 3.05 bits per heavy atom. The van der Waals surface area contributed by atoms with Gasteiger partial charge in [0, 0.05) is 25.8 Å². The topological polar surface area (TPSA) is 80.0 Å². The van der Waals surface area contributed by atoms with Gasteiger partial charge in [0.25, 0.3) is 5.91 Å². The molecule has 1 amide bonds. The van der Waals surface area contributed by atoms with E-state index in [1.165, 1.54) is 0 Å². The number of aliphatic hydroxyl groups is 1. The van der Waals surface area contributed by atoms with Gasteiger partial charge in [-0.25, -0.2) is 4.68 Å². The summed E-state index contributed by atoms with van der Waals surface area (Å²) in [6.45, 7) is 2.68. The number of nitrogens with one attached hydrogen (secondary N) is 1. The first-order valence-corrected chi connectivity index (χ1v) is 6.30. The second-order valence-electron chi connectivity index (χ2n) is 4.74. The highest BCUT2D eigenvalue weighted by atomic mass is 16.3. The number of aliphatic hydroxyl groups excluding tert-OH is 1. The maximum Gasteiger partial charge on any atom is 0.251 e. The number of carbonyl (C=O) groups excluding carboxylic acids is 1. The van der Waals surface area contributed by atoms with Crippen molar-refractivity contribution in [2.45, 2.75) is 13.3 Å². The summed E-state index contributed by atoms with van der Waals surface area (Å²) in [5, 5.41) is 19.5. The monoisotopic (exact) mass is 262 g/mol. The van der Waals surface area contributed by atoms with Gasteiger partial charge in [-0.15, -0.1) is 5.10 Å². The van der Waals surface area contributed by atoms with Gasteiger partial charge in [0.05, 0.1) is 5.52 Å². The zero-order chi connectivity index (χ0) is 13.8. The van der Waals surface area contributed by atoms with Crippen molar-refractivity contribution in [3.8, 4) is 0 Å². The SMILES string of the molecule is CC(CCO)CNC(=O)c1ccc2c(c1)nnn2C. The first kappa shape index (κ1) is 13.5. The molecule has 2 N–H and O–H groups in total. The van der Waals surface area contributed by atoms with E-state index in [1.54, 1.807) is 16.8 Å². The largest absolute Gasteiger partial charge is 0.396 e. The van der Waals surface area contributed by atoms with Gasteiger partial charge in [-0.3, -0.25) is 4.79 Å². The summed E-state index contributed by atoms with van der Waals surface area (Å²) in [5.41, 5.74) is 2.17. The zero-order valence-corrected chi connectivity index (χ0v) is 11.1. The normalized spacial score (nSPS) is 12.6. The zero-order valence-electron chi connectivity index (χ0n) is 11.1. The maximum atomic E-state index is 12.0. The van der Waals surface area contributed by atoms with Gasteiger partial charge in [0.2, 0.25) is 0 Å². The molecule has 0 spiro atoms. The molecule has 1 atom stereocenters. The van der Waals surface area contributed by atoms with Crippen LogP contribution in [0.25, 0.3) is 11.0 Å². The van der Waals surface area contributed by atoms with E-state index in [0.717, 1.165) is 5.52 Å². The number of nitrogens with zero attached hydrogens (tertiary/aromatic N) is 3. The number of rotatable bonds is 5. The lowest BCUT2D eigenvalue weighted by molar-refractivity contribution is 0.0945. The Bertz CT molecular complexity index is 579. The number of benzene rings is 1. The molecule has 1 aromatic heterocycles. The number of amides is 1. The van der Waals surface area contributed by atoms with Crippen molar-refractivity contribution in [1.29, 1.82) is 0 Å². The minimum absolute atomic E-state index is 0.127. The molecule has 0 saturated carbocycles. The van der Waals surface area contributed by atoms with E-state index >= 15 is 0 Å². The van der Waals surface area contributed by atoms with E-state index in [-0.39, 0.29) is 18.4 Å². The molecule has 0 bridgehead atoms. The summed E-state index contributed by atoms with van der Waals surface area (Å²) >= 11 is 0. The van der Waals surface area contributed by atoms with Crippen LogP contribution in [0.15, 0.2) is 18.2 Å². The van der Waals surface area contributed by atoms with Gasteiger partial charge in [0.15, 0.2) is 0 Å². The van der Waals surface area contributed by atoms with Crippen LogP contribution in [0.3, 0.4) is 0 Å². The number of hydrogen-bond donors (Lipinski definition) is 2. The summed E-state index contributed by atoms with van der Waals surface area (Å²) < 4.78 is 1.67. The molecule has 6 heteroatoms. The van der Waals surface area contributed by atoms with Gasteiger partial charge >= 0.3 is 0 Å². The summed E-state index contributed by atoms with van der Waals surface area (Å²) in [6.07, 6.45) is 0.684. The summed E-state index contributed by atoms with van der Waals surface area (Å²) in [7, 11) is 1.81. The molecule has 0 aliphatic rings.